The molecule has 3 nitrogen and oxygen atoms in total. The molecular weight excluding hydrogens is 162 g/mol. The van der Waals surface area contributed by atoms with Crippen molar-refractivity contribution in [3.8, 4) is 0 Å². The number of hydrogen-bond acceptors (Lipinski definition) is 3. The SMILES string of the molecule is CC1=NN(c2ccccc2)N=CC1. The third kappa shape index (κ3) is 1.75. The van der Waals surface area contributed by atoms with Crippen LogP contribution in [-0.4, -0.2) is 11.9 Å². The van der Waals surface area contributed by atoms with Gasteiger partial charge in [0.05, 0.1) is 5.69 Å². The maximum Gasteiger partial charge on any atom is 0.0856 e. The number of hydrogen-bond donors (Lipinski definition) is 0. The Morgan fingerprint density at radius 1 is 1.23 bits per heavy atom. The van der Waals surface area contributed by atoms with E-state index in [4.69, 9.17) is 0 Å². The van der Waals surface area contributed by atoms with Crippen molar-refractivity contribution in [2.24, 2.45) is 10.2 Å². The van der Waals surface area contributed by atoms with E-state index in [1.54, 1.807) is 5.12 Å². The van der Waals surface area contributed by atoms with Crippen molar-refractivity contribution in [3.05, 3.63) is 30.3 Å². The zero-order valence-corrected chi connectivity index (χ0v) is 7.51. The average molecular weight is 173 g/mol. The molecule has 0 amide bonds. The highest BCUT2D eigenvalue weighted by atomic mass is 15.7. The lowest BCUT2D eigenvalue weighted by Crippen LogP contribution is -2.15. The van der Waals surface area contributed by atoms with E-state index in [0.717, 1.165) is 17.8 Å². The van der Waals surface area contributed by atoms with Crippen LogP contribution in [0.1, 0.15) is 13.3 Å². The second-order valence-corrected chi connectivity index (χ2v) is 2.96. The van der Waals surface area contributed by atoms with Crippen LogP contribution in [0.25, 0.3) is 0 Å². The Morgan fingerprint density at radius 3 is 2.69 bits per heavy atom. The Labute approximate surface area is 77.4 Å². The molecule has 0 aromatic heterocycles. The van der Waals surface area contributed by atoms with E-state index in [9.17, 15) is 0 Å². The van der Waals surface area contributed by atoms with Crippen molar-refractivity contribution in [2.75, 3.05) is 5.12 Å². The minimum absolute atomic E-state index is 0.851. The molecule has 13 heavy (non-hydrogen) atoms. The quantitative estimate of drug-likeness (QED) is 0.640. The predicted octanol–water partition coefficient (Wildman–Crippen LogP) is 2.26. The summed E-state index contributed by atoms with van der Waals surface area (Å²) in [6, 6.07) is 9.90. The molecule has 1 aromatic carbocycles. The number of para-hydroxylation sites is 1. The van der Waals surface area contributed by atoms with Gasteiger partial charge >= 0.3 is 0 Å². The van der Waals surface area contributed by atoms with Crippen LogP contribution in [0.5, 0.6) is 0 Å². The van der Waals surface area contributed by atoms with Gasteiger partial charge in [-0.1, -0.05) is 18.2 Å². The number of anilines is 1. The van der Waals surface area contributed by atoms with Crippen LogP contribution in [0.4, 0.5) is 5.69 Å². The molecule has 66 valence electrons. The van der Waals surface area contributed by atoms with Gasteiger partial charge in [0.1, 0.15) is 0 Å². The van der Waals surface area contributed by atoms with Gasteiger partial charge < -0.3 is 0 Å². The summed E-state index contributed by atoms with van der Waals surface area (Å²) in [7, 11) is 0. The Morgan fingerprint density at radius 2 is 2.00 bits per heavy atom. The summed E-state index contributed by atoms with van der Waals surface area (Å²) in [5, 5.41) is 10.1. The number of nitrogens with zero attached hydrogens (tertiary/aromatic N) is 3. The van der Waals surface area contributed by atoms with Crippen LogP contribution in [0.15, 0.2) is 40.5 Å². The molecule has 0 N–H and O–H groups in total. The predicted molar refractivity (Wildman–Crippen MR) is 55.1 cm³/mol. The summed E-state index contributed by atoms with van der Waals surface area (Å²) in [6.07, 6.45) is 2.72. The molecule has 1 aliphatic heterocycles. The number of rotatable bonds is 1. The Kier molecular flexibility index (Phi) is 2.08. The summed E-state index contributed by atoms with van der Waals surface area (Å²) >= 11 is 0. The fourth-order valence-electron chi connectivity index (χ4n) is 1.16. The Bertz CT molecular complexity index is 340. The topological polar surface area (TPSA) is 28.0 Å². The first-order valence-electron chi connectivity index (χ1n) is 4.28. The highest BCUT2D eigenvalue weighted by molar-refractivity contribution is 5.95. The van der Waals surface area contributed by atoms with E-state index in [2.05, 4.69) is 10.2 Å². The lowest BCUT2D eigenvalue weighted by Gasteiger charge is -2.16. The van der Waals surface area contributed by atoms with E-state index in [1.165, 1.54) is 0 Å². The van der Waals surface area contributed by atoms with Crippen LogP contribution < -0.4 is 5.12 Å². The van der Waals surface area contributed by atoms with Crippen LogP contribution in [0.3, 0.4) is 0 Å². The van der Waals surface area contributed by atoms with E-state index in [1.807, 2.05) is 43.5 Å². The minimum Gasteiger partial charge on any atom is -0.163 e. The fourth-order valence-corrected chi connectivity index (χ4v) is 1.16. The standard InChI is InChI=1S/C10H11N3/c1-9-7-8-11-13(12-9)10-5-3-2-4-6-10/h2-6,8H,7H2,1H3. The molecular formula is C10H11N3. The molecule has 1 aromatic rings. The monoisotopic (exact) mass is 173 g/mol. The first kappa shape index (κ1) is 7.98. The Hall–Kier alpha value is -1.64. The lowest BCUT2D eigenvalue weighted by atomic mass is 10.3. The first-order chi connectivity index (χ1) is 6.36. The molecule has 0 fully saturated rings. The second-order valence-electron chi connectivity index (χ2n) is 2.96. The fraction of sp³-hybridized carbons (Fsp3) is 0.200. The van der Waals surface area contributed by atoms with Crippen LogP contribution in [-0.2, 0) is 0 Å². The Balaban J connectivity index is 2.27. The van der Waals surface area contributed by atoms with Gasteiger partial charge in [-0.05, 0) is 19.1 Å². The maximum absolute atomic E-state index is 4.30. The van der Waals surface area contributed by atoms with Gasteiger partial charge in [0.15, 0.2) is 0 Å². The summed E-state index contributed by atoms with van der Waals surface area (Å²) in [4.78, 5) is 0. The van der Waals surface area contributed by atoms with Gasteiger partial charge in [-0.2, -0.15) is 15.3 Å². The molecule has 0 bridgehead atoms. The van der Waals surface area contributed by atoms with Crippen LogP contribution in [0, 0.1) is 0 Å². The van der Waals surface area contributed by atoms with Crippen LogP contribution >= 0.6 is 0 Å². The minimum atomic E-state index is 0.851. The molecule has 0 spiro atoms. The smallest absolute Gasteiger partial charge is 0.0856 e. The molecule has 0 saturated carbocycles. The van der Waals surface area contributed by atoms with E-state index < -0.39 is 0 Å². The van der Waals surface area contributed by atoms with Gasteiger partial charge in [-0.25, -0.2) is 0 Å². The van der Waals surface area contributed by atoms with Gasteiger partial charge in [-0.15, -0.1) is 0 Å². The summed E-state index contributed by atoms with van der Waals surface area (Å²) in [5.41, 5.74) is 2.08. The summed E-state index contributed by atoms with van der Waals surface area (Å²) in [6.45, 7) is 2.00. The summed E-state index contributed by atoms with van der Waals surface area (Å²) in [5.74, 6) is 0. The zero-order chi connectivity index (χ0) is 9.10. The molecule has 0 saturated heterocycles. The van der Waals surface area contributed by atoms with Crippen molar-refractivity contribution in [3.63, 3.8) is 0 Å². The average Bonchev–Trinajstić information content (AvgIpc) is 2.19. The number of hydrazone groups is 2. The highest BCUT2D eigenvalue weighted by Gasteiger charge is 2.05. The largest absolute Gasteiger partial charge is 0.163 e. The zero-order valence-electron chi connectivity index (χ0n) is 7.51. The molecule has 0 aliphatic carbocycles. The van der Waals surface area contributed by atoms with Gasteiger partial charge in [0.2, 0.25) is 0 Å². The van der Waals surface area contributed by atoms with Crippen molar-refractivity contribution in [2.45, 2.75) is 13.3 Å². The number of benzene rings is 1. The maximum atomic E-state index is 4.30. The normalized spacial score (nSPS) is 15.8. The molecule has 1 heterocycles. The van der Waals surface area contributed by atoms with Gasteiger partial charge in [0.25, 0.3) is 0 Å². The van der Waals surface area contributed by atoms with Gasteiger partial charge in [-0.3, -0.25) is 0 Å². The van der Waals surface area contributed by atoms with Crippen LogP contribution in [0.2, 0.25) is 0 Å². The second kappa shape index (κ2) is 3.39. The van der Waals surface area contributed by atoms with Crippen molar-refractivity contribution < 1.29 is 0 Å². The van der Waals surface area contributed by atoms with E-state index in [-0.39, 0.29) is 0 Å². The van der Waals surface area contributed by atoms with E-state index >= 15 is 0 Å². The third-order valence-electron chi connectivity index (χ3n) is 1.83. The van der Waals surface area contributed by atoms with E-state index in [0.29, 0.717) is 0 Å². The molecule has 2 rings (SSSR count). The lowest BCUT2D eigenvalue weighted by molar-refractivity contribution is 0.909. The molecule has 0 radical (unpaired) electrons. The van der Waals surface area contributed by atoms with Gasteiger partial charge in [0, 0.05) is 18.3 Å². The molecule has 3 heteroatoms. The molecule has 0 atom stereocenters. The first-order valence-corrected chi connectivity index (χ1v) is 4.28. The van der Waals surface area contributed by atoms with Crippen molar-refractivity contribution >= 4 is 17.6 Å². The highest BCUT2D eigenvalue weighted by Crippen LogP contribution is 2.15. The van der Waals surface area contributed by atoms with Crippen molar-refractivity contribution in [1.82, 2.24) is 0 Å². The molecule has 1 aliphatic rings. The van der Waals surface area contributed by atoms with Crippen molar-refractivity contribution in [1.29, 1.82) is 0 Å². The third-order valence-corrected chi connectivity index (χ3v) is 1.83. The summed E-state index contributed by atoms with van der Waals surface area (Å²) < 4.78 is 0. The molecule has 0 unspecified atom stereocenters.